The second-order valence-electron chi connectivity index (χ2n) is 5.31. The number of aryl methyl sites for hydroxylation is 1. The van der Waals surface area contributed by atoms with E-state index in [1.54, 1.807) is 11.7 Å². The lowest BCUT2D eigenvalue weighted by molar-refractivity contribution is 0.144. The Morgan fingerprint density at radius 3 is 2.79 bits per heavy atom. The van der Waals surface area contributed by atoms with Gasteiger partial charge in [0.1, 0.15) is 0 Å². The van der Waals surface area contributed by atoms with Crippen molar-refractivity contribution in [3.8, 4) is 0 Å². The molecule has 0 aromatic carbocycles. The summed E-state index contributed by atoms with van der Waals surface area (Å²) in [5.41, 5.74) is 8.07. The first-order valence-electron chi connectivity index (χ1n) is 6.91. The number of hydrogen-bond donors (Lipinski definition) is 1. The van der Waals surface area contributed by atoms with Gasteiger partial charge < -0.3 is 5.11 Å². The van der Waals surface area contributed by atoms with E-state index >= 15 is 0 Å². The van der Waals surface area contributed by atoms with Crippen molar-refractivity contribution in [3.05, 3.63) is 0 Å². The predicted octanol–water partition coefficient (Wildman–Crippen LogP) is 1.28. The van der Waals surface area contributed by atoms with Crippen LogP contribution in [-0.2, 0) is 7.05 Å². The fraction of sp³-hybridized carbons (Fsp3) is 0.917. The molecular weight excluding hydrogens is 262 g/mol. The average Bonchev–Trinajstić information content (AvgIpc) is 2.82. The van der Waals surface area contributed by atoms with E-state index in [-0.39, 0.29) is 0 Å². The number of aliphatic hydroxyl groups is 1. The van der Waals surface area contributed by atoms with Gasteiger partial charge in [-0.1, -0.05) is 43.9 Å². The molecule has 0 spiro atoms. The summed E-state index contributed by atoms with van der Waals surface area (Å²) in [5.74, 6) is 1.11. The zero-order valence-electron chi connectivity index (χ0n) is 11.3. The van der Waals surface area contributed by atoms with Crippen LogP contribution in [0.25, 0.3) is 0 Å². The summed E-state index contributed by atoms with van der Waals surface area (Å²) in [6.45, 7) is 0. The summed E-state index contributed by atoms with van der Waals surface area (Å²) in [6, 6.07) is -0.392. The van der Waals surface area contributed by atoms with Crippen LogP contribution in [0.4, 0.5) is 0 Å². The highest BCUT2D eigenvalue weighted by Gasteiger charge is 2.22. The maximum absolute atomic E-state index is 10.1. The molecule has 0 amide bonds. The third kappa shape index (κ3) is 4.43. The summed E-state index contributed by atoms with van der Waals surface area (Å²) in [4.78, 5) is 0. The van der Waals surface area contributed by atoms with Crippen LogP contribution in [0.1, 0.15) is 38.5 Å². The monoisotopic (exact) mass is 284 g/mol. The molecule has 1 aromatic rings. The van der Waals surface area contributed by atoms with E-state index in [1.165, 1.54) is 43.9 Å². The average molecular weight is 284 g/mol. The van der Waals surface area contributed by atoms with Crippen molar-refractivity contribution in [1.82, 2.24) is 25.9 Å². The number of aliphatic hydroxyl groups excluding tert-OH is 1. The first-order chi connectivity index (χ1) is 9.16. The van der Waals surface area contributed by atoms with Crippen LogP contribution in [0.2, 0.25) is 0 Å². The van der Waals surface area contributed by atoms with Crippen molar-refractivity contribution in [2.24, 2.45) is 13.0 Å². The van der Waals surface area contributed by atoms with Crippen LogP contribution < -0.4 is 5.73 Å². The van der Waals surface area contributed by atoms with E-state index < -0.39 is 12.1 Å². The highest BCUT2D eigenvalue weighted by molar-refractivity contribution is 7.99. The minimum Gasteiger partial charge on any atom is -0.391 e. The highest BCUT2D eigenvalue weighted by Crippen LogP contribution is 2.28. The Hall–Kier alpha value is -0.660. The van der Waals surface area contributed by atoms with Gasteiger partial charge in [0.25, 0.3) is 0 Å². The molecule has 1 radical (unpaired) electrons. The summed E-state index contributed by atoms with van der Waals surface area (Å²) >= 11 is 1.41. The van der Waals surface area contributed by atoms with Crippen LogP contribution in [0.5, 0.6) is 0 Å². The molecule has 1 heterocycles. The molecule has 2 atom stereocenters. The van der Waals surface area contributed by atoms with E-state index in [0.717, 1.165) is 6.42 Å². The number of thioether (sulfide) groups is 1. The summed E-state index contributed by atoms with van der Waals surface area (Å²) < 4.78 is 1.58. The third-order valence-electron chi connectivity index (χ3n) is 3.74. The van der Waals surface area contributed by atoms with E-state index in [9.17, 15) is 5.11 Å². The van der Waals surface area contributed by atoms with Crippen molar-refractivity contribution >= 4 is 11.8 Å². The molecule has 19 heavy (non-hydrogen) atoms. The van der Waals surface area contributed by atoms with Crippen LogP contribution in [-0.4, -0.2) is 43.2 Å². The molecule has 1 aliphatic carbocycles. The maximum atomic E-state index is 10.1. The van der Waals surface area contributed by atoms with Crippen molar-refractivity contribution < 1.29 is 5.11 Å². The first-order valence-corrected chi connectivity index (χ1v) is 7.89. The molecule has 2 N–H and O–H groups in total. The zero-order chi connectivity index (χ0) is 13.7. The van der Waals surface area contributed by atoms with E-state index in [1.807, 2.05) is 0 Å². The molecular formula is C12H22N5OS. The Labute approximate surface area is 118 Å². The number of nitrogens with one attached hydrogen (secondary N) is 1. The molecule has 0 saturated heterocycles. The molecule has 0 aliphatic heterocycles. The maximum Gasteiger partial charge on any atom is 0.209 e. The van der Waals surface area contributed by atoms with Gasteiger partial charge in [-0.15, -0.1) is 5.10 Å². The molecule has 1 aliphatic rings. The van der Waals surface area contributed by atoms with E-state index in [0.29, 0.717) is 16.8 Å². The zero-order valence-corrected chi connectivity index (χ0v) is 12.1. The van der Waals surface area contributed by atoms with Gasteiger partial charge in [0.05, 0.1) is 6.10 Å². The Morgan fingerprint density at radius 1 is 1.42 bits per heavy atom. The minimum atomic E-state index is -0.608. The van der Waals surface area contributed by atoms with Gasteiger partial charge >= 0.3 is 0 Å². The molecule has 1 saturated carbocycles. The Morgan fingerprint density at radius 2 is 2.16 bits per heavy atom. The van der Waals surface area contributed by atoms with Gasteiger partial charge in [-0.3, -0.25) is 5.73 Å². The normalized spacial score (nSPS) is 20.4. The van der Waals surface area contributed by atoms with E-state index in [4.69, 9.17) is 5.73 Å². The lowest BCUT2D eigenvalue weighted by atomic mass is 9.84. The minimum absolute atomic E-state index is 0.392. The number of tetrazole rings is 1. The lowest BCUT2D eigenvalue weighted by Gasteiger charge is -2.26. The van der Waals surface area contributed by atoms with Crippen LogP contribution in [0.15, 0.2) is 5.16 Å². The Bertz CT molecular complexity index is 380. The smallest absolute Gasteiger partial charge is 0.209 e. The molecule has 107 valence electrons. The van der Waals surface area contributed by atoms with Crippen molar-refractivity contribution in [1.29, 1.82) is 0 Å². The standard InChI is InChI=1S/C12H22N5OS/c1-17-12(14-15-16-17)19-8-11(18)10(13)7-9-5-3-2-4-6-9/h9-11,13,18H,2-8H2,1H3. The molecule has 1 aromatic heterocycles. The van der Waals surface area contributed by atoms with Crippen molar-refractivity contribution in [2.75, 3.05) is 5.75 Å². The van der Waals surface area contributed by atoms with E-state index in [2.05, 4.69) is 15.5 Å². The van der Waals surface area contributed by atoms with Gasteiger partial charge in [0, 0.05) is 18.8 Å². The predicted molar refractivity (Wildman–Crippen MR) is 73.6 cm³/mol. The van der Waals surface area contributed by atoms with Crippen LogP contribution >= 0.6 is 11.8 Å². The molecule has 2 rings (SSSR count). The molecule has 6 nitrogen and oxygen atoms in total. The highest BCUT2D eigenvalue weighted by atomic mass is 32.2. The Balaban J connectivity index is 1.72. The number of aromatic nitrogens is 4. The molecule has 7 heteroatoms. The van der Waals surface area contributed by atoms with Gasteiger partial charge in [-0.05, 0) is 22.8 Å². The summed E-state index contributed by atoms with van der Waals surface area (Å²) in [7, 11) is 1.77. The van der Waals surface area contributed by atoms with Crippen molar-refractivity contribution in [2.45, 2.75) is 55.8 Å². The summed E-state index contributed by atoms with van der Waals surface area (Å²) in [5, 5.41) is 21.9. The van der Waals surface area contributed by atoms with Crippen molar-refractivity contribution in [3.63, 3.8) is 0 Å². The molecule has 0 bridgehead atoms. The second-order valence-corrected chi connectivity index (χ2v) is 6.30. The third-order valence-corrected chi connectivity index (χ3v) is 4.85. The van der Waals surface area contributed by atoms with Gasteiger partial charge in [-0.25, -0.2) is 4.68 Å². The Kier molecular flexibility index (Phi) is 5.59. The van der Waals surface area contributed by atoms with Crippen LogP contribution in [0, 0.1) is 5.92 Å². The largest absolute Gasteiger partial charge is 0.391 e. The van der Waals surface area contributed by atoms with Gasteiger partial charge in [0.15, 0.2) is 0 Å². The summed E-state index contributed by atoms with van der Waals surface area (Å²) in [6.07, 6.45) is 6.56. The lowest BCUT2D eigenvalue weighted by Crippen LogP contribution is -2.32. The fourth-order valence-corrected chi connectivity index (χ4v) is 3.43. The topological polar surface area (TPSA) is 87.6 Å². The fourth-order valence-electron chi connectivity index (χ4n) is 2.56. The molecule has 2 unspecified atom stereocenters. The van der Waals surface area contributed by atoms with Crippen LogP contribution in [0.3, 0.4) is 0 Å². The van der Waals surface area contributed by atoms with Gasteiger partial charge in [-0.2, -0.15) is 0 Å². The number of rotatable bonds is 6. The second kappa shape index (κ2) is 7.21. The SMILES string of the molecule is Cn1nnnc1SCC(O)C([NH])CC1CCCCC1. The number of hydrogen-bond acceptors (Lipinski definition) is 5. The van der Waals surface area contributed by atoms with Gasteiger partial charge in [0.2, 0.25) is 5.16 Å². The first kappa shape index (κ1) is 14.7. The quantitative estimate of drug-likeness (QED) is 0.795. The molecule has 1 fully saturated rings. The number of nitrogens with zero attached hydrogens (tertiary/aromatic N) is 4.